The van der Waals surface area contributed by atoms with Crippen LogP contribution in [0.3, 0.4) is 0 Å². The molecule has 6 nitrogen and oxygen atoms in total. The van der Waals surface area contributed by atoms with E-state index in [1.165, 1.54) is 18.0 Å². The monoisotopic (exact) mass is 441 g/mol. The molecule has 0 radical (unpaired) electrons. The molecule has 2 N–H and O–H groups in total. The van der Waals surface area contributed by atoms with Gasteiger partial charge in [0.2, 0.25) is 5.91 Å². The number of nitrogens with zero attached hydrogens (tertiary/aromatic N) is 1. The molecular formula is C22H20ClN3O3S. The third-order valence-electron chi connectivity index (χ3n) is 4.13. The van der Waals surface area contributed by atoms with Gasteiger partial charge >= 0.3 is 0 Å². The molecule has 0 fully saturated rings. The first-order valence-electron chi connectivity index (χ1n) is 9.09. The van der Waals surface area contributed by atoms with Crippen LogP contribution < -0.4 is 15.4 Å². The first-order valence-corrected chi connectivity index (χ1v) is 10.3. The lowest BCUT2D eigenvalue weighted by atomic mass is 10.2. The number of hydrogen-bond donors (Lipinski definition) is 2. The first-order chi connectivity index (χ1) is 14.4. The minimum Gasteiger partial charge on any atom is -0.497 e. The number of carbonyl (C=O) groups excluding carboxylic acids is 2. The first kappa shape index (κ1) is 21.7. The van der Waals surface area contributed by atoms with E-state index in [1.807, 2.05) is 19.1 Å². The molecule has 0 saturated carbocycles. The van der Waals surface area contributed by atoms with Crippen molar-refractivity contribution >= 4 is 46.7 Å². The predicted octanol–water partition coefficient (Wildman–Crippen LogP) is 5.12. The Balaban J connectivity index is 1.54. The Morgan fingerprint density at radius 2 is 1.70 bits per heavy atom. The summed E-state index contributed by atoms with van der Waals surface area (Å²) in [5, 5.41) is 5.78. The van der Waals surface area contributed by atoms with Crippen LogP contribution in [-0.2, 0) is 4.79 Å². The quantitative estimate of drug-likeness (QED) is 0.497. The number of pyridine rings is 1. The number of nitrogens with one attached hydrogen (secondary N) is 2. The standard InChI is InChI=1S/C22H20ClN3O3S/c1-14(21(27)26-20-12-5-16(23)13-24-20)30-19-10-6-17(7-11-19)25-22(28)15-3-8-18(29-2)9-4-15/h3-14H,1-2H3,(H,25,28)(H,24,26,27). The molecule has 2 aromatic carbocycles. The van der Waals surface area contributed by atoms with Crippen molar-refractivity contribution in [2.75, 3.05) is 17.7 Å². The molecule has 3 rings (SSSR count). The van der Waals surface area contributed by atoms with E-state index >= 15 is 0 Å². The lowest BCUT2D eigenvalue weighted by molar-refractivity contribution is -0.115. The number of halogens is 1. The average molecular weight is 442 g/mol. The molecule has 1 atom stereocenters. The van der Waals surface area contributed by atoms with Gasteiger partial charge in [-0.2, -0.15) is 0 Å². The van der Waals surface area contributed by atoms with Crippen LogP contribution in [0.2, 0.25) is 5.02 Å². The van der Waals surface area contributed by atoms with Crippen molar-refractivity contribution in [3.8, 4) is 5.75 Å². The Kier molecular flexibility index (Phi) is 7.32. The zero-order chi connectivity index (χ0) is 21.5. The van der Waals surface area contributed by atoms with Gasteiger partial charge in [-0.3, -0.25) is 9.59 Å². The molecule has 2 amide bonds. The zero-order valence-corrected chi connectivity index (χ0v) is 18.0. The summed E-state index contributed by atoms with van der Waals surface area (Å²) in [5.41, 5.74) is 1.21. The molecule has 30 heavy (non-hydrogen) atoms. The van der Waals surface area contributed by atoms with Crippen LogP contribution in [0.5, 0.6) is 5.75 Å². The summed E-state index contributed by atoms with van der Waals surface area (Å²) < 4.78 is 5.10. The van der Waals surface area contributed by atoms with Crippen molar-refractivity contribution in [3.63, 3.8) is 0 Å². The second-order valence-electron chi connectivity index (χ2n) is 6.32. The highest BCUT2D eigenvalue weighted by molar-refractivity contribution is 8.00. The fraction of sp³-hybridized carbons (Fsp3) is 0.136. The largest absolute Gasteiger partial charge is 0.497 e. The summed E-state index contributed by atoms with van der Waals surface area (Å²) in [7, 11) is 1.58. The van der Waals surface area contributed by atoms with E-state index in [9.17, 15) is 9.59 Å². The normalized spacial score (nSPS) is 11.4. The van der Waals surface area contributed by atoms with Crippen LogP contribution in [0.1, 0.15) is 17.3 Å². The number of ether oxygens (including phenoxy) is 1. The van der Waals surface area contributed by atoms with Crippen LogP contribution in [0.25, 0.3) is 0 Å². The Labute approximate surface area is 184 Å². The van der Waals surface area contributed by atoms with Crippen LogP contribution in [0.15, 0.2) is 71.8 Å². The molecule has 3 aromatic rings. The molecule has 0 bridgehead atoms. The fourth-order valence-electron chi connectivity index (χ4n) is 2.50. The van der Waals surface area contributed by atoms with Crippen LogP contribution >= 0.6 is 23.4 Å². The Morgan fingerprint density at radius 3 is 2.30 bits per heavy atom. The van der Waals surface area contributed by atoms with E-state index in [0.29, 0.717) is 27.8 Å². The Hall–Kier alpha value is -3.03. The smallest absolute Gasteiger partial charge is 0.255 e. The number of amides is 2. The van der Waals surface area contributed by atoms with Gasteiger partial charge in [-0.05, 0) is 67.6 Å². The van der Waals surface area contributed by atoms with Crippen molar-refractivity contribution in [1.82, 2.24) is 4.98 Å². The van der Waals surface area contributed by atoms with Crippen molar-refractivity contribution < 1.29 is 14.3 Å². The van der Waals surface area contributed by atoms with Gasteiger partial charge in [0, 0.05) is 22.3 Å². The molecule has 154 valence electrons. The molecule has 0 aliphatic rings. The van der Waals surface area contributed by atoms with E-state index < -0.39 is 0 Å². The fourth-order valence-corrected chi connectivity index (χ4v) is 3.48. The van der Waals surface area contributed by atoms with Gasteiger partial charge < -0.3 is 15.4 Å². The Morgan fingerprint density at radius 1 is 1.00 bits per heavy atom. The summed E-state index contributed by atoms with van der Waals surface area (Å²) in [6, 6.07) is 17.5. The molecule has 1 heterocycles. The van der Waals surface area contributed by atoms with Crippen molar-refractivity contribution in [2.45, 2.75) is 17.1 Å². The highest BCUT2D eigenvalue weighted by atomic mass is 35.5. The van der Waals surface area contributed by atoms with E-state index in [2.05, 4.69) is 15.6 Å². The predicted molar refractivity (Wildman–Crippen MR) is 121 cm³/mol. The van der Waals surface area contributed by atoms with E-state index in [0.717, 1.165) is 4.90 Å². The number of carbonyl (C=O) groups is 2. The molecule has 0 aliphatic carbocycles. The third kappa shape index (κ3) is 5.98. The van der Waals surface area contributed by atoms with E-state index in [1.54, 1.807) is 55.6 Å². The van der Waals surface area contributed by atoms with Gasteiger partial charge in [-0.1, -0.05) is 11.6 Å². The number of rotatable bonds is 7. The van der Waals surface area contributed by atoms with Gasteiger partial charge in [-0.25, -0.2) is 4.98 Å². The zero-order valence-electron chi connectivity index (χ0n) is 16.4. The molecule has 0 aliphatic heterocycles. The van der Waals surface area contributed by atoms with Gasteiger partial charge in [0.05, 0.1) is 17.4 Å². The highest BCUT2D eigenvalue weighted by Gasteiger charge is 2.15. The maximum atomic E-state index is 12.3. The molecule has 0 spiro atoms. The number of methoxy groups -OCH3 is 1. The summed E-state index contributed by atoms with van der Waals surface area (Å²) in [4.78, 5) is 29.6. The summed E-state index contributed by atoms with van der Waals surface area (Å²) in [6.45, 7) is 1.81. The lowest BCUT2D eigenvalue weighted by Crippen LogP contribution is -2.22. The molecule has 0 saturated heterocycles. The van der Waals surface area contributed by atoms with Gasteiger partial charge in [0.1, 0.15) is 11.6 Å². The van der Waals surface area contributed by atoms with Crippen LogP contribution in [0, 0.1) is 0 Å². The van der Waals surface area contributed by atoms with Crippen molar-refractivity contribution in [1.29, 1.82) is 0 Å². The number of hydrogen-bond acceptors (Lipinski definition) is 5. The third-order valence-corrected chi connectivity index (χ3v) is 5.46. The molecule has 1 unspecified atom stereocenters. The minimum atomic E-state index is -0.331. The SMILES string of the molecule is COc1ccc(C(=O)Nc2ccc(SC(C)C(=O)Nc3ccc(Cl)cn3)cc2)cc1. The molecular weight excluding hydrogens is 422 g/mol. The maximum Gasteiger partial charge on any atom is 0.255 e. The maximum absolute atomic E-state index is 12.3. The minimum absolute atomic E-state index is 0.160. The van der Waals surface area contributed by atoms with Gasteiger partial charge in [0.25, 0.3) is 5.91 Å². The summed E-state index contributed by atoms with van der Waals surface area (Å²) in [6.07, 6.45) is 1.48. The number of anilines is 2. The topological polar surface area (TPSA) is 80.3 Å². The van der Waals surface area contributed by atoms with E-state index in [4.69, 9.17) is 16.3 Å². The van der Waals surface area contributed by atoms with Gasteiger partial charge in [0.15, 0.2) is 0 Å². The van der Waals surface area contributed by atoms with Crippen molar-refractivity contribution in [2.24, 2.45) is 0 Å². The van der Waals surface area contributed by atoms with Gasteiger partial charge in [-0.15, -0.1) is 11.8 Å². The number of aromatic nitrogens is 1. The summed E-state index contributed by atoms with van der Waals surface area (Å²) in [5.74, 6) is 0.777. The second-order valence-corrected chi connectivity index (χ2v) is 8.17. The summed E-state index contributed by atoms with van der Waals surface area (Å²) >= 11 is 7.21. The van der Waals surface area contributed by atoms with E-state index in [-0.39, 0.29) is 17.1 Å². The number of benzene rings is 2. The number of thioether (sulfide) groups is 1. The lowest BCUT2D eigenvalue weighted by Gasteiger charge is -2.12. The average Bonchev–Trinajstić information content (AvgIpc) is 2.76. The Bertz CT molecular complexity index is 1010. The second kappa shape index (κ2) is 10.1. The molecule has 8 heteroatoms. The molecule has 1 aromatic heterocycles. The van der Waals surface area contributed by atoms with Crippen molar-refractivity contribution in [3.05, 3.63) is 77.4 Å². The van der Waals surface area contributed by atoms with Crippen LogP contribution in [-0.4, -0.2) is 29.2 Å². The highest BCUT2D eigenvalue weighted by Crippen LogP contribution is 2.26. The van der Waals surface area contributed by atoms with Crippen LogP contribution in [0.4, 0.5) is 11.5 Å².